The van der Waals surface area contributed by atoms with Crippen molar-refractivity contribution in [2.75, 3.05) is 6.16 Å². The Kier molecular flexibility index (Phi) is 7.97. The summed E-state index contributed by atoms with van der Waals surface area (Å²) >= 11 is 0. The van der Waals surface area contributed by atoms with Crippen LogP contribution in [0.1, 0.15) is 39.5 Å². The number of hydrogen-bond donors (Lipinski definition) is 0. The first kappa shape index (κ1) is 17.8. The van der Waals surface area contributed by atoms with Crippen LogP contribution in [-0.4, -0.2) is 6.16 Å². The summed E-state index contributed by atoms with van der Waals surface area (Å²) in [5, 5.41) is 0. The zero-order valence-corrected chi connectivity index (χ0v) is 15.0. The highest BCUT2D eigenvalue weighted by Crippen LogP contribution is 2.43. The molecule has 23 heavy (non-hydrogen) atoms. The van der Waals surface area contributed by atoms with Crippen molar-refractivity contribution in [3.63, 3.8) is 0 Å². The van der Waals surface area contributed by atoms with E-state index in [9.17, 15) is 0 Å². The number of unbranched alkanes of at least 4 members (excludes halogenated alkanes) is 1. The second kappa shape index (κ2) is 10.3. The van der Waals surface area contributed by atoms with Gasteiger partial charge in [0.15, 0.2) is 0 Å². The van der Waals surface area contributed by atoms with Crippen LogP contribution >= 0.6 is 8.38 Å². The molecule has 2 nitrogen and oxygen atoms in total. The molecule has 0 spiro atoms. The van der Waals surface area contributed by atoms with Gasteiger partial charge in [-0.05, 0) is 36.6 Å². The molecule has 2 aromatic rings. The van der Waals surface area contributed by atoms with Crippen molar-refractivity contribution in [2.45, 2.75) is 39.5 Å². The minimum atomic E-state index is -0.975. The normalized spacial score (nSPS) is 12.1. The molecule has 0 N–H and O–H groups in total. The van der Waals surface area contributed by atoms with Gasteiger partial charge in [-0.15, -0.1) is 0 Å². The lowest BCUT2D eigenvalue weighted by Crippen LogP contribution is -2.09. The fourth-order valence-corrected chi connectivity index (χ4v) is 4.18. The van der Waals surface area contributed by atoms with E-state index < -0.39 is 8.38 Å². The van der Waals surface area contributed by atoms with Crippen LogP contribution < -0.4 is 9.05 Å². The second-order valence-electron chi connectivity index (χ2n) is 5.74. The molecular formula is C20H27O2P. The maximum Gasteiger partial charge on any atom is 0.290 e. The maximum absolute atomic E-state index is 6.17. The molecule has 0 aliphatic heterocycles. The van der Waals surface area contributed by atoms with Crippen molar-refractivity contribution < 1.29 is 9.05 Å². The van der Waals surface area contributed by atoms with Crippen LogP contribution in [0.15, 0.2) is 60.7 Å². The summed E-state index contributed by atoms with van der Waals surface area (Å²) < 4.78 is 12.3. The van der Waals surface area contributed by atoms with E-state index in [1.165, 1.54) is 25.7 Å². The first-order valence-electron chi connectivity index (χ1n) is 8.55. The van der Waals surface area contributed by atoms with Crippen molar-refractivity contribution in [1.82, 2.24) is 0 Å². The zero-order chi connectivity index (χ0) is 16.3. The third-order valence-corrected chi connectivity index (χ3v) is 5.49. The van der Waals surface area contributed by atoms with Crippen LogP contribution in [0.5, 0.6) is 11.5 Å². The maximum atomic E-state index is 6.17. The Morgan fingerprint density at radius 3 is 1.78 bits per heavy atom. The van der Waals surface area contributed by atoms with Gasteiger partial charge in [-0.25, -0.2) is 0 Å². The standard InChI is InChI=1S/C20H27O2P/c1-3-5-12-18(4-2)17-23(21-19-13-8-6-9-14-19)22-20-15-10-7-11-16-20/h6-11,13-16,18H,3-5,12,17H2,1-2H3. The highest BCUT2D eigenvalue weighted by atomic mass is 31.2. The molecule has 0 fully saturated rings. The summed E-state index contributed by atoms with van der Waals surface area (Å²) in [7, 11) is -0.975. The Bertz CT molecular complexity index is 488. The Morgan fingerprint density at radius 2 is 1.35 bits per heavy atom. The largest absolute Gasteiger partial charge is 0.439 e. The van der Waals surface area contributed by atoms with E-state index in [0.717, 1.165) is 17.7 Å². The number of hydrogen-bond acceptors (Lipinski definition) is 2. The topological polar surface area (TPSA) is 18.5 Å². The molecule has 2 aromatic carbocycles. The molecule has 1 unspecified atom stereocenters. The third-order valence-electron chi connectivity index (χ3n) is 3.85. The molecule has 124 valence electrons. The van der Waals surface area contributed by atoms with Gasteiger partial charge in [0.05, 0.1) is 0 Å². The van der Waals surface area contributed by atoms with Gasteiger partial charge in [0.1, 0.15) is 11.5 Å². The van der Waals surface area contributed by atoms with E-state index in [1.807, 2.05) is 60.7 Å². The average molecular weight is 330 g/mol. The molecule has 3 heteroatoms. The van der Waals surface area contributed by atoms with Gasteiger partial charge < -0.3 is 9.05 Å². The molecular weight excluding hydrogens is 303 g/mol. The van der Waals surface area contributed by atoms with Gasteiger partial charge in [-0.3, -0.25) is 0 Å². The van der Waals surface area contributed by atoms with Crippen LogP contribution in [0.3, 0.4) is 0 Å². The quantitative estimate of drug-likeness (QED) is 0.453. The predicted octanol–water partition coefficient (Wildman–Crippen LogP) is 6.67. The van der Waals surface area contributed by atoms with Gasteiger partial charge in [-0.2, -0.15) is 0 Å². The van der Waals surface area contributed by atoms with E-state index in [1.54, 1.807) is 0 Å². The van der Waals surface area contributed by atoms with Crippen LogP contribution in [0.4, 0.5) is 0 Å². The minimum absolute atomic E-state index is 0.661. The molecule has 0 heterocycles. The van der Waals surface area contributed by atoms with Gasteiger partial charge in [0.2, 0.25) is 0 Å². The minimum Gasteiger partial charge on any atom is -0.439 e. The van der Waals surface area contributed by atoms with Crippen molar-refractivity contribution >= 4 is 8.38 Å². The van der Waals surface area contributed by atoms with Gasteiger partial charge >= 0.3 is 0 Å². The van der Waals surface area contributed by atoms with Gasteiger partial charge in [0.25, 0.3) is 8.38 Å². The van der Waals surface area contributed by atoms with Crippen molar-refractivity contribution in [1.29, 1.82) is 0 Å². The molecule has 0 aromatic heterocycles. The Morgan fingerprint density at radius 1 is 0.826 bits per heavy atom. The van der Waals surface area contributed by atoms with Crippen LogP contribution in [0.2, 0.25) is 0 Å². The molecule has 0 saturated heterocycles. The molecule has 0 aliphatic carbocycles. The molecule has 0 aliphatic rings. The average Bonchev–Trinajstić information content (AvgIpc) is 2.60. The highest BCUT2D eigenvalue weighted by Gasteiger charge is 2.20. The summed E-state index contributed by atoms with van der Waals surface area (Å²) in [6.07, 6.45) is 5.93. The first-order chi connectivity index (χ1) is 11.3. The lowest BCUT2D eigenvalue weighted by molar-refractivity contribution is 0.443. The molecule has 2 rings (SSSR count). The molecule has 0 radical (unpaired) electrons. The lowest BCUT2D eigenvalue weighted by atomic mass is 10.0. The summed E-state index contributed by atoms with van der Waals surface area (Å²) in [5.41, 5.74) is 0. The van der Waals surface area contributed by atoms with Crippen molar-refractivity contribution in [3.8, 4) is 11.5 Å². The van der Waals surface area contributed by atoms with E-state index in [0.29, 0.717) is 5.92 Å². The molecule has 0 amide bonds. The Balaban J connectivity index is 2.03. The molecule has 1 atom stereocenters. The molecule has 0 saturated carbocycles. The summed E-state index contributed by atoms with van der Waals surface area (Å²) in [5.74, 6) is 2.44. The van der Waals surface area contributed by atoms with E-state index in [-0.39, 0.29) is 0 Å². The first-order valence-corrected chi connectivity index (χ1v) is 9.91. The zero-order valence-electron chi connectivity index (χ0n) is 14.2. The third kappa shape index (κ3) is 6.62. The summed E-state index contributed by atoms with van der Waals surface area (Å²) in [6.45, 7) is 4.51. The summed E-state index contributed by atoms with van der Waals surface area (Å²) in [4.78, 5) is 0. The SMILES string of the molecule is CCCCC(CC)CP(Oc1ccccc1)Oc1ccccc1. The van der Waals surface area contributed by atoms with Crippen molar-refractivity contribution in [3.05, 3.63) is 60.7 Å². The van der Waals surface area contributed by atoms with Crippen molar-refractivity contribution in [2.24, 2.45) is 5.92 Å². The predicted molar refractivity (Wildman–Crippen MR) is 99.2 cm³/mol. The van der Waals surface area contributed by atoms with E-state index >= 15 is 0 Å². The van der Waals surface area contributed by atoms with Crippen LogP contribution in [0.25, 0.3) is 0 Å². The van der Waals surface area contributed by atoms with Gasteiger partial charge in [0, 0.05) is 6.16 Å². The second-order valence-corrected chi connectivity index (χ2v) is 7.14. The molecule has 0 bridgehead atoms. The Hall–Kier alpha value is -1.53. The number of rotatable bonds is 10. The van der Waals surface area contributed by atoms with Crippen LogP contribution in [0, 0.1) is 5.92 Å². The van der Waals surface area contributed by atoms with E-state index in [4.69, 9.17) is 9.05 Å². The smallest absolute Gasteiger partial charge is 0.290 e. The van der Waals surface area contributed by atoms with Gasteiger partial charge in [-0.1, -0.05) is 69.5 Å². The number of benzene rings is 2. The van der Waals surface area contributed by atoms with E-state index in [2.05, 4.69) is 13.8 Å². The van der Waals surface area contributed by atoms with Crippen LogP contribution in [-0.2, 0) is 0 Å². The Labute approximate surface area is 141 Å². The fourth-order valence-electron chi connectivity index (χ4n) is 2.42. The fraction of sp³-hybridized carbons (Fsp3) is 0.400. The number of para-hydroxylation sites is 2. The summed E-state index contributed by atoms with van der Waals surface area (Å²) in [6, 6.07) is 20.0. The highest BCUT2D eigenvalue weighted by molar-refractivity contribution is 7.48. The monoisotopic (exact) mass is 330 g/mol. The lowest BCUT2D eigenvalue weighted by Gasteiger charge is -2.23.